The second-order valence-electron chi connectivity index (χ2n) is 7.84. The summed E-state index contributed by atoms with van der Waals surface area (Å²) in [6.45, 7) is 12.0. The molecule has 0 spiro atoms. The molecule has 1 aromatic heterocycles. The molecule has 2 aromatic carbocycles. The zero-order valence-corrected chi connectivity index (χ0v) is 18.3. The van der Waals surface area contributed by atoms with Crippen molar-refractivity contribution < 1.29 is 0 Å². The number of aryl methyl sites for hydroxylation is 2. The molecule has 0 amide bonds. The summed E-state index contributed by atoms with van der Waals surface area (Å²) in [7, 11) is 0. The van der Waals surface area contributed by atoms with Gasteiger partial charge in [-0.1, -0.05) is 86.3 Å². The highest BCUT2D eigenvalue weighted by atomic mass is 32.2. The van der Waals surface area contributed by atoms with Crippen molar-refractivity contribution in [2.45, 2.75) is 56.7 Å². The standard InChI is InChI=1S/C22H27N3S2/c1-15-11-18(22(3,4)5)12-16(2)19(15)14-26-21-25-24-20(27-21)23-13-17-9-7-6-8-10-17/h6-12H,13-14H2,1-5H3,(H,23,24). The average molecular weight is 398 g/mol. The van der Waals surface area contributed by atoms with E-state index in [-0.39, 0.29) is 5.41 Å². The Hall–Kier alpha value is -1.85. The van der Waals surface area contributed by atoms with Crippen molar-refractivity contribution >= 4 is 28.2 Å². The van der Waals surface area contributed by atoms with Crippen molar-refractivity contribution in [1.29, 1.82) is 0 Å². The van der Waals surface area contributed by atoms with Gasteiger partial charge in [-0.15, -0.1) is 10.2 Å². The molecule has 27 heavy (non-hydrogen) atoms. The molecule has 5 heteroatoms. The highest BCUT2D eigenvalue weighted by Gasteiger charge is 2.16. The molecule has 1 heterocycles. The van der Waals surface area contributed by atoms with Gasteiger partial charge in [-0.25, -0.2) is 0 Å². The first-order valence-corrected chi connectivity index (χ1v) is 11.0. The summed E-state index contributed by atoms with van der Waals surface area (Å²) in [5, 5.41) is 12.8. The Morgan fingerprint density at radius 1 is 1.00 bits per heavy atom. The summed E-state index contributed by atoms with van der Waals surface area (Å²) in [5.41, 5.74) is 6.95. The summed E-state index contributed by atoms with van der Waals surface area (Å²) >= 11 is 3.38. The van der Waals surface area contributed by atoms with Gasteiger partial charge in [0.2, 0.25) is 5.13 Å². The summed E-state index contributed by atoms with van der Waals surface area (Å²) in [6, 6.07) is 15.0. The molecule has 0 fully saturated rings. The maximum atomic E-state index is 4.33. The lowest BCUT2D eigenvalue weighted by atomic mass is 9.84. The van der Waals surface area contributed by atoms with E-state index in [1.807, 2.05) is 18.2 Å². The molecule has 0 aliphatic heterocycles. The molecule has 0 bridgehead atoms. The molecule has 1 N–H and O–H groups in total. The number of aromatic nitrogens is 2. The number of thioether (sulfide) groups is 1. The van der Waals surface area contributed by atoms with E-state index in [4.69, 9.17) is 0 Å². The fourth-order valence-electron chi connectivity index (χ4n) is 2.90. The van der Waals surface area contributed by atoms with E-state index < -0.39 is 0 Å². The lowest BCUT2D eigenvalue weighted by Gasteiger charge is -2.22. The normalized spacial score (nSPS) is 11.6. The van der Waals surface area contributed by atoms with Crippen molar-refractivity contribution in [2.24, 2.45) is 0 Å². The van der Waals surface area contributed by atoms with Crippen LogP contribution in [0, 0.1) is 13.8 Å². The summed E-state index contributed by atoms with van der Waals surface area (Å²) in [6.07, 6.45) is 0. The number of nitrogens with zero attached hydrogens (tertiary/aromatic N) is 2. The Bertz CT molecular complexity index is 872. The third-order valence-corrected chi connectivity index (χ3v) is 6.64. The Labute approximate surface area is 170 Å². The van der Waals surface area contributed by atoms with Gasteiger partial charge >= 0.3 is 0 Å². The van der Waals surface area contributed by atoms with E-state index in [0.717, 1.165) is 21.8 Å². The second-order valence-corrected chi connectivity index (χ2v) is 10.0. The van der Waals surface area contributed by atoms with Gasteiger partial charge in [0, 0.05) is 12.3 Å². The van der Waals surface area contributed by atoms with Gasteiger partial charge < -0.3 is 5.32 Å². The number of hydrogen-bond donors (Lipinski definition) is 1. The van der Waals surface area contributed by atoms with Crippen LogP contribution < -0.4 is 5.32 Å². The van der Waals surface area contributed by atoms with Crippen LogP contribution >= 0.6 is 23.1 Å². The van der Waals surface area contributed by atoms with Gasteiger partial charge in [0.15, 0.2) is 4.34 Å². The van der Waals surface area contributed by atoms with Crippen molar-refractivity contribution in [3.05, 3.63) is 70.3 Å². The zero-order valence-electron chi connectivity index (χ0n) is 16.7. The quantitative estimate of drug-likeness (QED) is 0.491. The van der Waals surface area contributed by atoms with Crippen molar-refractivity contribution in [2.75, 3.05) is 5.32 Å². The Kier molecular flexibility index (Phi) is 6.22. The molecule has 0 unspecified atom stereocenters. The summed E-state index contributed by atoms with van der Waals surface area (Å²) in [4.78, 5) is 0. The van der Waals surface area contributed by atoms with Crippen molar-refractivity contribution in [3.8, 4) is 0 Å². The zero-order chi connectivity index (χ0) is 19.4. The molecule has 0 aliphatic rings. The van der Waals surface area contributed by atoms with Crippen LogP contribution in [-0.4, -0.2) is 10.2 Å². The van der Waals surface area contributed by atoms with Crippen molar-refractivity contribution in [3.63, 3.8) is 0 Å². The Morgan fingerprint density at radius 2 is 1.67 bits per heavy atom. The van der Waals surface area contributed by atoms with Crippen LogP contribution in [0.4, 0.5) is 5.13 Å². The molecule has 3 nitrogen and oxygen atoms in total. The van der Waals surface area contributed by atoms with Gasteiger partial charge in [-0.2, -0.15) is 0 Å². The molecular weight excluding hydrogens is 370 g/mol. The van der Waals surface area contributed by atoms with Gasteiger partial charge in [-0.3, -0.25) is 0 Å². The van der Waals surface area contributed by atoms with Crippen LogP contribution in [0.2, 0.25) is 0 Å². The van der Waals surface area contributed by atoms with Crippen LogP contribution in [0.3, 0.4) is 0 Å². The van der Waals surface area contributed by atoms with Gasteiger partial charge in [-0.05, 0) is 47.1 Å². The number of benzene rings is 2. The third-order valence-electron chi connectivity index (χ3n) is 4.60. The Balaban J connectivity index is 1.62. The average Bonchev–Trinajstić information content (AvgIpc) is 3.07. The molecule has 0 saturated carbocycles. The lowest BCUT2D eigenvalue weighted by molar-refractivity contribution is 0.589. The largest absolute Gasteiger partial charge is 0.356 e. The fourth-order valence-corrected chi connectivity index (χ4v) is 4.85. The van der Waals surface area contributed by atoms with Gasteiger partial charge in [0.1, 0.15) is 0 Å². The number of anilines is 1. The van der Waals surface area contributed by atoms with E-state index >= 15 is 0 Å². The van der Waals surface area contributed by atoms with Gasteiger partial charge in [0.25, 0.3) is 0 Å². The highest BCUT2D eigenvalue weighted by Crippen LogP contribution is 2.33. The monoisotopic (exact) mass is 397 g/mol. The lowest BCUT2D eigenvalue weighted by Crippen LogP contribution is -2.12. The number of rotatable bonds is 6. The number of hydrogen-bond acceptors (Lipinski definition) is 5. The van der Waals surface area contributed by atoms with E-state index in [1.165, 1.54) is 27.8 Å². The molecule has 142 valence electrons. The first-order valence-electron chi connectivity index (χ1n) is 9.17. The number of nitrogens with one attached hydrogen (secondary N) is 1. The van der Waals surface area contributed by atoms with E-state index in [0.29, 0.717) is 0 Å². The minimum atomic E-state index is 0.180. The third kappa shape index (κ3) is 5.33. The van der Waals surface area contributed by atoms with Crippen LogP contribution in [0.1, 0.15) is 48.6 Å². The first-order chi connectivity index (χ1) is 12.8. The topological polar surface area (TPSA) is 37.8 Å². The Morgan fingerprint density at radius 3 is 2.30 bits per heavy atom. The molecular formula is C22H27N3S2. The first kappa shape index (κ1) is 19.9. The predicted molar refractivity (Wildman–Crippen MR) is 118 cm³/mol. The molecule has 3 aromatic rings. The van der Waals surface area contributed by atoms with E-state index in [2.05, 4.69) is 74.4 Å². The highest BCUT2D eigenvalue weighted by molar-refractivity contribution is 8.00. The van der Waals surface area contributed by atoms with Crippen LogP contribution in [0.15, 0.2) is 46.8 Å². The maximum absolute atomic E-state index is 4.33. The maximum Gasteiger partial charge on any atom is 0.206 e. The smallest absolute Gasteiger partial charge is 0.206 e. The summed E-state index contributed by atoms with van der Waals surface area (Å²) in [5.74, 6) is 0.926. The van der Waals surface area contributed by atoms with Crippen LogP contribution in [0.5, 0.6) is 0 Å². The van der Waals surface area contributed by atoms with Crippen LogP contribution in [-0.2, 0) is 17.7 Å². The van der Waals surface area contributed by atoms with E-state index in [9.17, 15) is 0 Å². The predicted octanol–water partition coefficient (Wildman–Crippen LogP) is 6.36. The second kappa shape index (κ2) is 8.44. The molecule has 3 rings (SSSR count). The van der Waals surface area contributed by atoms with Gasteiger partial charge in [0.05, 0.1) is 0 Å². The summed E-state index contributed by atoms with van der Waals surface area (Å²) < 4.78 is 1.00. The minimum Gasteiger partial charge on any atom is -0.356 e. The minimum absolute atomic E-state index is 0.180. The van der Waals surface area contributed by atoms with Crippen molar-refractivity contribution in [1.82, 2.24) is 10.2 Å². The molecule has 0 atom stereocenters. The van der Waals surface area contributed by atoms with E-state index in [1.54, 1.807) is 23.1 Å². The molecule has 0 radical (unpaired) electrons. The van der Waals surface area contributed by atoms with Crippen LogP contribution in [0.25, 0.3) is 0 Å². The fraction of sp³-hybridized carbons (Fsp3) is 0.364. The SMILES string of the molecule is Cc1cc(C(C)(C)C)cc(C)c1CSc1nnc(NCc2ccccc2)s1. The molecule has 0 aliphatic carbocycles. The molecule has 0 saturated heterocycles.